The molecule has 0 unspecified atom stereocenters. The van der Waals surface area contributed by atoms with Gasteiger partial charge in [0.2, 0.25) is 0 Å². The van der Waals surface area contributed by atoms with Crippen molar-refractivity contribution in [3.05, 3.63) is 107 Å². The average molecular weight is 374 g/mol. The lowest BCUT2D eigenvalue weighted by Crippen LogP contribution is -2.25. The van der Waals surface area contributed by atoms with E-state index in [2.05, 4.69) is 0 Å². The Kier molecular flexibility index (Phi) is 7.34. The molecule has 0 aliphatic rings. The van der Waals surface area contributed by atoms with Gasteiger partial charge in [-0.1, -0.05) is 49.4 Å². The van der Waals surface area contributed by atoms with Crippen LogP contribution in [0.2, 0.25) is 0 Å². The van der Waals surface area contributed by atoms with Crippen LogP contribution in [0.3, 0.4) is 0 Å². The van der Waals surface area contributed by atoms with Gasteiger partial charge >= 0.3 is 0 Å². The van der Waals surface area contributed by atoms with Crippen molar-refractivity contribution >= 4 is 11.8 Å². The molecule has 4 heteroatoms. The fourth-order valence-corrected chi connectivity index (χ4v) is 4.01. The van der Waals surface area contributed by atoms with Crippen LogP contribution in [-0.2, 0) is 4.75 Å². The van der Waals surface area contributed by atoms with E-state index in [0.29, 0.717) is 6.33 Å². The smallest absolute Gasteiger partial charge is 0.123 e. The Morgan fingerprint density at radius 2 is 1.46 bits per heavy atom. The number of hydrogen-bond donors (Lipinski definition) is 0. The molecule has 0 spiro atoms. The van der Waals surface area contributed by atoms with Gasteiger partial charge in [-0.2, -0.15) is 0 Å². The highest BCUT2D eigenvalue weighted by Gasteiger charge is 2.36. The molecule has 0 aliphatic carbocycles. The maximum Gasteiger partial charge on any atom is 0.123 e. The van der Waals surface area contributed by atoms with Gasteiger partial charge in [0, 0.05) is 0 Å². The van der Waals surface area contributed by atoms with Gasteiger partial charge < -0.3 is 0 Å². The van der Waals surface area contributed by atoms with Crippen LogP contribution in [-0.4, -0.2) is 6.26 Å². The Labute approximate surface area is 157 Å². The van der Waals surface area contributed by atoms with Crippen molar-refractivity contribution in [2.75, 3.05) is 6.26 Å². The summed E-state index contributed by atoms with van der Waals surface area (Å²) >= 11 is 1.52. The number of thioether (sulfide) groups is 1. The summed E-state index contributed by atoms with van der Waals surface area (Å²) < 4.78 is 39.0. The largest absolute Gasteiger partial charge is 0.216 e. The van der Waals surface area contributed by atoms with Crippen molar-refractivity contribution in [1.29, 1.82) is 0 Å². The molecule has 0 amide bonds. The van der Waals surface area contributed by atoms with Crippen molar-refractivity contribution < 1.29 is 13.2 Å². The number of allylic oxidation sites excluding steroid dienone is 4. The first-order chi connectivity index (χ1) is 12.6. The fourth-order valence-electron chi connectivity index (χ4n) is 2.90. The lowest BCUT2D eigenvalue weighted by Gasteiger charge is -2.35. The first kappa shape index (κ1) is 20.1. The molecular formula is C22H21F3S. The van der Waals surface area contributed by atoms with Crippen LogP contribution in [0.4, 0.5) is 13.2 Å². The van der Waals surface area contributed by atoms with Gasteiger partial charge in [-0.05, 0) is 59.7 Å². The van der Waals surface area contributed by atoms with Crippen LogP contribution < -0.4 is 0 Å². The summed E-state index contributed by atoms with van der Waals surface area (Å²) in [4.78, 5) is 0. The van der Waals surface area contributed by atoms with Gasteiger partial charge in [0.25, 0.3) is 0 Å². The first-order valence-electron chi connectivity index (χ1n) is 8.29. The predicted octanol–water partition coefficient (Wildman–Crippen LogP) is 6.95. The Bertz CT molecular complexity index is 742. The molecule has 2 aromatic carbocycles. The summed E-state index contributed by atoms with van der Waals surface area (Å²) in [6, 6.07) is 12.4. The Hall–Kier alpha value is -2.20. The van der Waals surface area contributed by atoms with Crippen molar-refractivity contribution in [2.24, 2.45) is 0 Å². The molecule has 2 aromatic rings. The zero-order valence-corrected chi connectivity index (χ0v) is 15.6. The van der Waals surface area contributed by atoms with E-state index in [9.17, 15) is 13.2 Å². The molecule has 0 saturated heterocycles. The minimum Gasteiger partial charge on any atom is -0.216 e. The van der Waals surface area contributed by atoms with Crippen LogP contribution in [0, 0.1) is 11.6 Å². The number of benzene rings is 2. The number of hydrogen-bond acceptors (Lipinski definition) is 1. The molecule has 0 radical (unpaired) electrons. The van der Waals surface area contributed by atoms with Crippen LogP contribution in [0.5, 0.6) is 0 Å². The Morgan fingerprint density at radius 3 is 1.85 bits per heavy atom. The second-order valence-electron chi connectivity index (χ2n) is 5.65. The van der Waals surface area contributed by atoms with Crippen molar-refractivity contribution in [2.45, 2.75) is 18.1 Å². The third-order valence-corrected chi connectivity index (χ3v) is 5.42. The van der Waals surface area contributed by atoms with E-state index in [1.54, 1.807) is 30.3 Å². The maximum absolute atomic E-state index is 13.5. The molecule has 2 rings (SSSR count). The van der Waals surface area contributed by atoms with Gasteiger partial charge in [0.05, 0.1) is 11.1 Å². The molecule has 0 bridgehead atoms. The van der Waals surface area contributed by atoms with Gasteiger partial charge in [-0.25, -0.2) is 13.2 Å². The second-order valence-corrected chi connectivity index (χ2v) is 6.67. The van der Waals surface area contributed by atoms with E-state index in [-0.39, 0.29) is 11.6 Å². The normalized spacial score (nSPS) is 13.0. The van der Waals surface area contributed by atoms with E-state index < -0.39 is 4.75 Å². The van der Waals surface area contributed by atoms with Crippen LogP contribution in [0.1, 0.15) is 24.5 Å². The SMILES string of the molecule is CC\C=C/C(=C\C=C\F)C(SC)(c1ccc(F)cc1)c1ccc(F)cc1. The minimum absolute atomic E-state index is 0.332. The number of rotatable bonds is 7. The van der Waals surface area contributed by atoms with Crippen LogP contribution >= 0.6 is 11.8 Å². The standard InChI is InChI=1S/C22H21F3S/c1-3-4-6-17(7-5-16-23)22(26-2,18-8-12-20(24)13-9-18)19-10-14-21(25)15-11-19/h4-16H,3H2,1-2H3/b6-4-,16-5+,17-7+. The molecule has 136 valence electrons. The molecule has 0 aromatic heterocycles. The highest BCUT2D eigenvalue weighted by Crippen LogP contribution is 2.48. The molecular weight excluding hydrogens is 353 g/mol. The molecule has 0 heterocycles. The molecule has 0 saturated carbocycles. The lowest BCUT2D eigenvalue weighted by atomic mass is 9.83. The van der Waals surface area contributed by atoms with Crippen molar-refractivity contribution in [3.8, 4) is 0 Å². The molecule has 0 aliphatic heterocycles. The minimum atomic E-state index is -0.730. The summed E-state index contributed by atoms with van der Waals surface area (Å²) in [6.07, 6.45) is 10.1. The number of halogens is 3. The molecule has 0 nitrogen and oxygen atoms in total. The van der Waals surface area contributed by atoms with E-state index in [1.165, 1.54) is 42.1 Å². The van der Waals surface area contributed by atoms with Gasteiger partial charge in [-0.3, -0.25) is 0 Å². The predicted molar refractivity (Wildman–Crippen MR) is 105 cm³/mol. The van der Waals surface area contributed by atoms with E-state index in [4.69, 9.17) is 0 Å². The fraction of sp³-hybridized carbons (Fsp3) is 0.182. The summed E-state index contributed by atoms with van der Waals surface area (Å²) in [5, 5.41) is 0. The summed E-state index contributed by atoms with van der Waals surface area (Å²) in [7, 11) is 0. The van der Waals surface area contributed by atoms with Crippen LogP contribution in [0.25, 0.3) is 0 Å². The van der Waals surface area contributed by atoms with E-state index in [0.717, 1.165) is 23.1 Å². The van der Waals surface area contributed by atoms with Crippen molar-refractivity contribution in [3.63, 3.8) is 0 Å². The zero-order valence-electron chi connectivity index (χ0n) is 14.8. The van der Waals surface area contributed by atoms with Gasteiger partial charge in [-0.15, -0.1) is 11.8 Å². The molecule has 0 N–H and O–H groups in total. The van der Waals surface area contributed by atoms with Crippen molar-refractivity contribution in [1.82, 2.24) is 0 Å². The van der Waals surface area contributed by atoms with E-state index >= 15 is 0 Å². The molecule has 26 heavy (non-hydrogen) atoms. The second kappa shape index (κ2) is 9.48. The molecule has 0 fully saturated rings. The molecule has 0 atom stereocenters. The van der Waals surface area contributed by atoms with Gasteiger partial charge in [0.15, 0.2) is 0 Å². The Morgan fingerprint density at radius 1 is 0.962 bits per heavy atom. The first-order valence-corrected chi connectivity index (χ1v) is 9.52. The quantitative estimate of drug-likeness (QED) is 0.473. The maximum atomic E-state index is 13.5. The van der Waals surface area contributed by atoms with Crippen LogP contribution in [0.15, 0.2) is 84.7 Å². The topological polar surface area (TPSA) is 0 Å². The highest BCUT2D eigenvalue weighted by molar-refractivity contribution is 8.00. The lowest BCUT2D eigenvalue weighted by molar-refractivity contribution is 0.625. The summed E-state index contributed by atoms with van der Waals surface area (Å²) in [5.74, 6) is -0.665. The van der Waals surface area contributed by atoms with Gasteiger partial charge in [0.1, 0.15) is 11.6 Å². The third kappa shape index (κ3) is 4.31. The van der Waals surface area contributed by atoms with E-state index in [1.807, 2.05) is 25.3 Å². The summed E-state index contributed by atoms with van der Waals surface area (Å²) in [6.45, 7) is 2.01. The third-order valence-electron chi connectivity index (χ3n) is 4.10. The average Bonchev–Trinajstić information content (AvgIpc) is 2.66. The summed E-state index contributed by atoms with van der Waals surface area (Å²) in [5.41, 5.74) is 2.48. The Balaban J connectivity index is 2.79. The highest BCUT2D eigenvalue weighted by atomic mass is 32.2. The monoisotopic (exact) mass is 374 g/mol. The zero-order chi connectivity index (χ0) is 19.0.